The van der Waals surface area contributed by atoms with E-state index in [-0.39, 0.29) is 6.61 Å². The van der Waals surface area contributed by atoms with Crippen LogP contribution in [0.1, 0.15) is 34.6 Å². The molecule has 0 aromatic carbocycles. The van der Waals surface area contributed by atoms with Gasteiger partial charge in [0.1, 0.15) is 0 Å². The zero-order valence-electron chi connectivity index (χ0n) is 9.83. The fourth-order valence-electron chi connectivity index (χ4n) is 0.639. The average molecular weight is 218 g/mol. The van der Waals surface area contributed by atoms with Crippen LogP contribution in [-0.2, 0) is 19.0 Å². The number of ether oxygens (including phenoxy) is 3. The van der Waals surface area contributed by atoms with E-state index >= 15 is 0 Å². The molecule has 5 nitrogen and oxygen atoms in total. The van der Waals surface area contributed by atoms with Crippen molar-refractivity contribution in [1.29, 1.82) is 0 Å². The van der Waals surface area contributed by atoms with Gasteiger partial charge in [0.25, 0.3) is 0 Å². The summed E-state index contributed by atoms with van der Waals surface area (Å²) in [6, 6.07) is 0. The van der Waals surface area contributed by atoms with E-state index in [9.17, 15) is 9.59 Å². The lowest BCUT2D eigenvalue weighted by molar-refractivity contribution is -0.177. The first-order valence-electron chi connectivity index (χ1n) is 4.82. The van der Waals surface area contributed by atoms with Gasteiger partial charge in [-0.05, 0) is 27.7 Å². The molecular formula is C10H18O5. The Labute approximate surface area is 89.7 Å². The molecule has 0 aliphatic heterocycles. The molecule has 0 aromatic rings. The smallest absolute Gasteiger partial charge is 0.435 e. The normalized spacial score (nSPS) is 12.9. The largest absolute Gasteiger partial charge is 0.511 e. The molecule has 88 valence electrons. The third-order valence-corrected chi connectivity index (χ3v) is 1.41. The number of carbonyl (C=O) groups excluding carboxylic acids is 2. The van der Waals surface area contributed by atoms with Crippen molar-refractivity contribution in [3.8, 4) is 0 Å². The Balaban J connectivity index is 3.99. The summed E-state index contributed by atoms with van der Waals surface area (Å²) in [6.07, 6.45) is -1.78. The second kappa shape index (κ2) is 5.58. The predicted molar refractivity (Wildman–Crippen MR) is 53.1 cm³/mol. The fourth-order valence-corrected chi connectivity index (χ4v) is 0.639. The number of esters is 1. The molecule has 0 bridgehead atoms. The molecule has 0 N–H and O–H groups in total. The highest BCUT2D eigenvalue weighted by Crippen LogP contribution is 2.16. The van der Waals surface area contributed by atoms with Crippen LogP contribution in [-0.4, -0.2) is 25.0 Å². The van der Waals surface area contributed by atoms with Gasteiger partial charge in [-0.3, -0.25) is 4.79 Å². The summed E-state index contributed by atoms with van der Waals surface area (Å²) in [5, 5.41) is 0. The molecule has 0 saturated heterocycles. The average Bonchev–Trinajstić information content (AvgIpc) is 2.01. The van der Waals surface area contributed by atoms with Crippen molar-refractivity contribution in [2.45, 2.75) is 40.9 Å². The van der Waals surface area contributed by atoms with Crippen molar-refractivity contribution in [3.05, 3.63) is 0 Å². The van der Waals surface area contributed by atoms with Gasteiger partial charge >= 0.3 is 12.1 Å². The van der Waals surface area contributed by atoms with Crippen LogP contribution in [0.3, 0.4) is 0 Å². The minimum Gasteiger partial charge on any atom is -0.435 e. The highest BCUT2D eigenvalue weighted by Gasteiger charge is 2.26. The minimum absolute atomic E-state index is 0.221. The van der Waals surface area contributed by atoms with Crippen LogP contribution < -0.4 is 0 Å². The van der Waals surface area contributed by atoms with E-state index in [0.717, 1.165) is 0 Å². The van der Waals surface area contributed by atoms with Gasteiger partial charge in [0.2, 0.25) is 6.29 Å². The van der Waals surface area contributed by atoms with Gasteiger partial charge in [-0.1, -0.05) is 0 Å². The van der Waals surface area contributed by atoms with E-state index in [1.54, 1.807) is 27.7 Å². The molecular weight excluding hydrogens is 200 g/mol. The summed E-state index contributed by atoms with van der Waals surface area (Å²) >= 11 is 0. The van der Waals surface area contributed by atoms with Crippen LogP contribution in [0.2, 0.25) is 0 Å². The second-order valence-corrected chi connectivity index (χ2v) is 4.02. The van der Waals surface area contributed by atoms with Gasteiger partial charge in [0.15, 0.2) is 0 Å². The molecule has 0 aliphatic rings. The zero-order valence-corrected chi connectivity index (χ0v) is 9.83. The molecule has 0 saturated carbocycles. The number of carbonyl (C=O) groups is 2. The number of rotatable bonds is 3. The first kappa shape index (κ1) is 13.7. The van der Waals surface area contributed by atoms with Gasteiger partial charge in [0.05, 0.1) is 12.0 Å². The lowest BCUT2D eigenvalue weighted by Crippen LogP contribution is -2.29. The summed E-state index contributed by atoms with van der Waals surface area (Å²) in [5.74, 6) is -0.431. The number of hydrogen-bond donors (Lipinski definition) is 0. The molecule has 0 radical (unpaired) electrons. The van der Waals surface area contributed by atoms with E-state index < -0.39 is 23.8 Å². The van der Waals surface area contributed by atoms with Crippen molar-refractivity contribution in [2.75, 3.05) is 6.61 Å². The molecule has 0 fully saturated rings. The minimum atomic E-state index is -0.934. The van der Waals surface area contributed by atoms with E-state index in [4.69, 9.17) is 4.74 Å². The van der Waals surface area contributed by atoms with Crippen LogP contribution in [0.25, 0.3) is 0 Å². The molecule has 0 rings (SSSR count). The maximum absolute atomic E-state index is 11.4. The summed E-state index contributed by atoms with van der Waals surface area (Å²) in [7, 11) is 0. The zero-order chi connectivity index (χ0) is 12.1. The summed E-state index contributed by atoms with van der Waals surface area (Å²) in [4.78, 5) is 22.2. The van der Waals surface area contributed by atoms with Gasteiger partial charge in [-0.25, -0.2) is 4.79 Å². The number of hydrogen-bond acceptors (Lipinski definition) is 5. The Morgan fingerprint density at radius 3 is 2.13 bits per heavy atom. The summed E-state index contributed by atoms with van der Waals surface area (Å²) in [5.41, 5.74) is -0.619. The molecule has 0 spiro atoms. The Hall–Kier alpha value is -1.26. The van der Waals surface area contributed by atoms with Gasteiger partial charge in [-0.2, -0.15) is 0 Å². The Morgan fingerprint density at radius 2 is 1.73 bits per heavy atom. The Bertz CT molecular complexity index is 228. The van der Waals surface area contributed by atoms with Crippen molar-refractivity contribution < 1.29 is 23.8 Å². The topological polar surface area (TPSA) is 61.8 Å². The quantitative estimate of drug-likeness (QED) is 0.536. The van der Waals surface area contributed by atoms with E-state index in [1.165, 1.54) is 6.92 Å². The van der Waals surface area contributed by atoms with Crippen LogP contribution in [0.5, 0.6) is 0 Å². The molecule has 0 aromatic heterocycles. The highest BCUT2D eigenvalue weighted by molar-refractivity contribution is 5.75. The van der Waals surface area contributed by atoms with Crippen LogP contribution in [0.15, 0.2) is 0 Å². The van der Waals surface area contributed by atoms with Crippen molar-refractivity contribution in [3.63, 3.8) is 0 Å². The SMILES string of the molecule is CCOC(=O)OC(C)OC(=O)C(C)(C)C. The molecule has 0 heterocycles. The van der Waals surface area contributed by atoms with Gasteiger partial charge in [0, 0.05) is 6.92 Å². The fraction of sp³-hybridized carbons (Fsp3) is 0.800. The standard InChI is InChI=1S/C10H18O5/c1-6-13-9(12)15-7(2)14-8(11)10(3,4)5/h7H,6H2,1-5H3. The lowest BCUT2D eigenvalue weighted by Gasteiger charge is -2.20. The van der Waals surface area contributed by atoms with Crippen molar-refractivity contribution in [1.82, 2.24) is 0 Å². The van der Waals surface area contributed by atoms with Crippen molar-refractivity contribution >= 4 is 12.1 Å². The third kappa shape index (κ3) is 5.93. The third-order valence-electron chi connectivity index (χ3n) is 1.41. The van der Waals surface area contributed by atoms with Crippen LogP contribution in [0, 0.1) is 5.41 Å². The second-order valence-electron chi connectivity index (χ2n) is 4.02. The maximum atomic E-state index is 11.4. The molecule has 5 heteroatoms. The van der Waals surface area contributed by atoms with E-state index in [2.05, 4.69) is 9.47 Å². The first-order valence-corrected chi connectivity index (χ1v) is 4.82. The summed E-state index contributed by atoms with van der Waals surface area (Å²) < 4.78 is 14.0. The van der Waals surface area contributed by atoms with Crippen LogP contribution in [0.4, 0.5) is 4.79 Å². The lowest BCUT2D eigenvalue weighted by atomic mass is 9.97. The van der Waals surface area contributed by atoms with Crippen molar-refractivity contribution in [2.24, 2.45) is 5.41 Å². The Morgan fingerprint density at radius 1 is 1.20 bits per heavy atom. The van der Waals surface area contributed by atoms with E-state index in [1.807, 2.05) is 0 Å². The van der Waals surface area contributed by atoms with Gasteiger partial charge in [-0.15, -0.1) is 0 Å². The molecule has 0 aliphatic carbocycles. The molecule has 0 amide bonds. The van der Waals surface area contributed by atoms with Crippen LogP contribution >= 0.6 is 0 Å². The van der Waals surface area contributed by atoms with E-state index in [0.29, 0.717) is 0 Å². The first-order chi connectivity index (χ1) is 6.77. The van der Waals surface area contributed by atoms with Gasteiger partial charge < -0.3 is 14.2 Å². The predicted octanol–water partition coefficient (Wildman–Crippen LogP) is 2.09. The molecule has 15 heavy (non-hydrogen) atoms. The maximum Gasteiger partial charge on any atom is 0.511 e. The monoisotopic (exact) mass is 218 g/mol. The molecule has 1 atom stereocenters. The highest BCUT2D eigenvalue weighted by atomic mass is 16.8. The molecule has 1 unspecified atom stereocenters. The Kier molecular flexibility index (Phi) is 5.11. The summed E-state index contributed by atoms with van der Waals surface area (Å²) in [6.45, 7) is 8.48.